The van der Waals surface area contributed by atoms with E-state index in [0.717, 1.165) is 0 Å². The molecule has 0 fully saturated rings. The number of benzene rings is 1. The third-order valence-corrected chi connectivity index (χ3v) is 3.46. The summed E-state index contributed by atoms with van der Waals surface area (Å²) < 4.78 is 1.66. The van der Waals surface area contributed by atoms with Crippen LogP contribution in [-0.2, 0) is 6.54 Å². The summed E-state index contributed by atoms with van der Waals surface area (Å²) in [5.74, 6) is -1.10. The maximum Gasteiger partial charge on any atom is 0.339 e. The van der Waals surface area contributed by atoms with E-state index >= 15 is 0 Å². The van der Waals surface area contributed by atoms with E-state index in [-0.39, 0.29) is 10.7 Å². The minimum Gasteiger partial charge on any atom is -0.478 e. The average Bonchev–Trinajstić information content (AvgIpc) is 2.50. The molecule has 6 heteroatoms. The summed E-state index contributed by atoms with van der Waals surface area (Å²) in [6.07, 6.45) is 0. The van der Waals surface area contributed by atoms with Crippen molar-refractivity contribution in [2.45, 2.75) is 13.5 Å². The van der Waals surface area contributed by atoms with Gasteiger partial charge in [0.05, 0.1) is 10.5 Å². The topological polar surface area (TPSA) is 42.2 Å². The highest BCUT2D eigenvalue weighted by atomic mass is 35.5. The van der Waals surface area contributed by atoms with Crippen LogP contribution in [0.1, 0.15) is 17.3 Å². The van der Waals surface area contributed by atoms with Gasteiger partial charge in [-0.2, -0.15) is 0 Å². The minimum absolute atomic E-state index is 0.0187. The molecule has 0 atom stereocenters. The summed E-state index contributed by atoms with van der Waals surface area (Å²) in [7, 11) is 0. The molecule has 2 aromatic rings. The molecule has 0 unspecified atom stereocenters. The van der Waals surface area contributed by atoms with E-state index in [9.17, 15) is 9.90 Å². The van der Waals surface area contributed by atoms with Crippen LogP contribution in [0.2, 0.25) is 15.2 Å². The van der Waals surface area contributed by atoms with Crippen LogP contribution in [0, 0.1) is 0 Å². The molecule has 1 aromatic carbocycles. The van der Waals surface area contributed by atoms with Gasteiger partial charge in [0, 0.05) is 17.0 Å². The summed E-state index contributed by atoms with van der Waals surface area (Å²) in [5, 5.41) is 10.5. The second-order valence-corrected chi connectivity index (χ2v) is 4.70. The molecule has 0 aliphatic heterocycles. The molecule has 0 aliphatic rings. The third-order valence-electron chi connectivity index (χ3n) is 2.55. The van der Waals surface area contributed by atoms with E-state index in [1.807, 2.05) is 6.92 Å². The molecule has 0 amide bonds. The summed E-state index contributed by atoms with van der Waals surface area (Å²) in [6.45, 7) is 2.41. The van der Waals surface area contributed by atoms with Crippen molar-refractivity contribution in [3.8, 4) is 0 Å². The average molecular weight is 293 g/mol. The van der Waals surface area contributed by atoms with Crippen LogP contribution in [0.4, 0.5) is 0 Å². The zero-order valence-corrected chi connectivity index (χ0v) is 11.1. The summed E-state index contributed by atoms with van der Waals surface area (Å²) >= 11 is 18.0. The molecule has 0 spiro atoms. The summed E-state index contributed by atoms with van der Waals surface area (Å²) in [6, 6.07) is 3.17. The molecule has 0 saturated heterocycles. The highest BCUT2D eigenvalue weighted by Crippen LogP contribution is 2.36. The number of halogens is 3. The van der Waals surface area contributed by atoms with Gasteiger partial charge in [0.2, 0.25) is 0 Å². The van der Waals surface area contributed by atoms with Crippen LogP contribution in [0.25, 0.3) is 10.9 Å². The quantitative estimate of drug-likeness (QED) is 0.895. The van der Waals surface area contributed by atoms with Gasteiger partial charge < -0.3 is 9.67 Å². The van der Waals surface area contributed by atoms with Crippen LogP contribution in [0.5, 0.6) is 0 Å². The first-order chi connectivity index (χ1) is 7.97. The molecular formula is C11H8Cl3NO2. The number of nitrogens with zero attached hydrogens (tertiary/aromatic N) is 1. The number of hydrogen-bond donors (Lipinski definition) is 1. The minimum atomic E-state index is -1.10. The Hall–Kier alpha value is -0.900. The molecule has 0 saturated carbocycles. The third kappa shape index (κ3) is 1.88. The highest BCUT2D eigenvalue weighted by Gasteiger charge is 2.22. The van der Waals surface area contributed by atoms with Gasteiger partial charge in [-0.15, -0.1) is 0 Å². The van der Waals surface area contributed by atoms with Gasteiger partial charge in [0.15, 0.2) is 0 Å². The highest BCUT2D eigenvalue weighted by molar-refractivity contribution is 6.42. The molecule has 0 aliphatic carbocycles. The van der Waals surface area contributed by atoms with Crippen molar-refractivity contribution in [2.24, 2.45) is 0 Å². The van der Waals surface area contributed by atoms with E-state index in [1.165, 1.54) is 6.07 Å². The van der Waals surface area contributed by atoms with Crippen molar-refractivity contribution in [3.63, 3.8) is 0 Å². The number of carboxylic acids is 1. The molecule has 0 radical (unpaired) electrons. The SMILES string of the molecule is CCn1c(Cl)c(C(=O)O)c2c(Cl)cc(Cl)cc21. The smallest absolute Gasteiger partial charge is 0.339 e. The van der Waals surface area contributed by atoms with Crippen LogP contribution in [-0.4, -0.2) is 15.6 Å². The van der Waals surface area contributed by atoms with Gasteiger partial charge in [-0.3, -0.25) is 0 Å². The first-order valence-electron chi connectivity index (χ1n) is 4.87. The lowest BCUT2D eigenvalue weighted by molar-refractivity contribution is 0.0699. The molecule has 1 N–H and O–H groups in total. The molecule has 0 bridgehead atoms. The van der Waals surface area contributed by atoms with Crippen LogP contribution >= 0.6 is 34.8 Å². The van der Waals surface area contributed by atoms with Gasteiger partial charge in [-0.1, -0.05) is 34.8 Å². The van der Waals surface area contributed by atoms with Crippen molar-refractivity contribution < 1.29 is 9.90 Å². The van der Waals surface area contributed by atoms with Gasteiger partial charge >= 0.3 is 5.97 Å². The number of rotatable bonds is 2. The largest absolute Gasteiger partial charge is 0.478 e. The van der Waals surface area contributed by atoms with Crippen molar-refractivity contribution in [1.29, 1.82) is 0 Å². The predicted octanol–water partition coefficient (Wildman–Crippen LogP) is 4.32. The van der Waals surface area contributed by atoms with E-state index in [0.29, 0.717) is 27.5 Å². The lowest BCUT2D eigenvalue weighted by Crippen LogP contribution is -1.98. The van der Waals surface area contributed by atoms with Crippen molar-refractivity contribution in [2.75, 3.05) is 0 Å². The normalized spacial score (nSPS) is 11.1. The Morgan fingerprint density at radius 2 is 2.00 bits per heavy atom. The number of fused-ring (bicyclic) bond motifs is 1. The fourth-order valence-corrected chi connectivity index (χ4v) is 2.83. The van der Waals surface area contributed by atoms with Crippen LogP contribution in [0.3, 0.4) is 0 Å². The number of aromatic carboxylic acids is 1. The Balaban J connectivity index is 3.00. The fraction of sp³-hybridized carbons (Fsp3) is 0.182. The Labute approximate surface area is 112 Å². The maximum atomic E-state index is 11.2. The number of aryl methyl sites for hydroxylation is 1. The number of hydrogen-bond acceptors (Lipinski definition) is 1. The van der Waals surface area contributed by atoms with E-state index in [1.54, 1.807) is 10.6 Å². The van der Waals surface area contributed by atoms with Gasteiger partial charge in [-0.25, -0.2) is 4.79 Å². The number of aromatic nitrogens is 1. The number of carboxylic acid groups (broad SMARTS) is 1. The van der Waals surface area contributed by atoms with E-state index < -0.39 is 5.97 Å². The first-order valence-corrected chi connectivity index (χ1v) is 6.00. The summed E-state index contributed by atoms with van der Waals surface area (Å²) in [5.41, 5.74) is 0.651. The first kappa shape index (κ1) is 12.6. The zero-order valence-electron chi connectivity index (χ0n) is 8.80. The standard InChI is InChI=1S/C11H8Cl3NO2/c1-2-15-7-4-5(12)3-6(13)8(7)9(10(15)14)11(16)17/h3-4H,2H2,1H3,(H,16,17). The van der Waals surface area contributed by atoms with Crippen LogP contribution < -0.4 is 0 Å². The molecular weight excluding hydrogens is 284 g/mol. The Bertz CT molecular complexity index is 619. The van der Waals surface area contributed by atoms with Crippen molar-refractivity contribution >= 4 is 51.7 Å². The van der Waals surface area contributed by atoms with Crippen molar-refractivity contribution in [3.05, 3.63) is 32.9 Å². The Morgan fingerprint density at radius 3 is 2.53 bits per heavy atom. The zero-order chi connectivity index (χ0) is 12.7. The molecule has 3 nitrogen and oxygen atoms in total. The lowest BCUT2D eigenvalue weighted by Gasteiger charge is -2.02. The second kappa shape index (κ2) is 4.41. The lowest BCUT2D eigenvalue weighted by atomic mass is 10.2. The Morgan fingerprint density at radius 1 is 1.35 bits per heavy atom. The summed E-state index contributed by atoms with van der Waals surface area (Å²) in [4.78, 5) is 11.2. The van der Waals surface area contributed by atoms with E-state index in [4.69, 9.17) is 34.8 Å². The molecule has 1 heterocycles. The maximum absolute atomic E-state index is 11.2. The molecule has 2 rings (SSSR count). The van der Waals surface area contributed by atoms with E-state index in [2.05, 4.69) is 0 Å². The number of carbonyl (C=O) groups is 1. The van der Waals surface area contributed by atoms with Gasteiger partial charge in [0.1, 0.15) is 10.7 Å². The predicted molar refractivity (Wildman–Crippen MR) is 69.6 cm³/mol. The molecule has 17 heavy (non-hydrogen) atoms. The molecule has 90 valence electrons. The molecule has 1 aromatic heterocycles. The van der Waals surface area contributed by atoms with Gasteiger partial charge in [0.25, 0.3) is 0 Å². The monoisotopic (exact) mass is 291 g/mol. The Kier molecular flexibility index (Phi) is 3.25. The van der Waals surface area contributed by atoms with Gasteiger partial charge in [-0.05, 0) is 19.1 Å². The van der Waals surface area contributed by atoms with Crippen molar-refractivity contribution in [1.82, 2.24) is 4.57 Å². The fourth-order valence-electron chi connectivity index (χ4n) is 1.87. The van der Waals surface area contributed by atoms with Crippen LogP contribution in [0.15, 0.2) is 12.1 Å². The second-order valence-electron chi connectivity index (χ2n) is 3.50.